The molecule has 19 heavy (non-hydrogen) atoms. The number of aliphatic carboxylic acids is 1. The summed E-state index contributed by atoms with van der Waals surface area (Å²) in [5.41, 5.74) is 0. The van der Waals surface area contributed by atoms with Crippen LogP contribution in [-0.4, -0.2) is 71.3 Å². The molecule has 0 radical (unpaired) electrons. The summed E-state index contributed by atoms with van der Waals surface area (Å²) in [5.74, 6) is 0.547. The van der Waals surface area contributed by atoms with E-state index in [0.29, 0.717) is 24.1 Å². The lowest BCUT2D eigenvalue weighted by Gasteiger charge is -2.29. The minimum atomic E-state index is -0.917. The third-order valence-corrected chi connectivity index (χ3v) is 4.82. The van der Waals surface area contributed by atoms with Crippen LogP contribution in [0, 0.1) is 5.92 Å². The number of rotatable bonds is 3. The van der Waals surface area contributed by atoms with Crippen LogP contribution in [0.3, 0.4) is 0 Å². The molecule has 0 spiro atoms. The summed E-state index contributed by atoms with van der Waals surface area (Å²) in [4.78, 5) is 26.7. The second kappa shape index (κ2) is 6.47. The zero-order chi connectivity index (χ0) is 13.8. The van der Waals surface area contributed by atoms with E-state index >= 15 is 0 Å². The molecule has 2 rings (SSSR count). The molecule has 0 aromatic heterocycles. The van der Waals surface area contributed by atoms with Crippen LogP contribution in [-0.2, 0) is 4.79 Å². The molecule has 1 atom stereocenters. The number of carbonyl (C=O) groups is 2. The molecule has 0 saturated carbocycles. The summed E-state index contributed by atoms with van der Waals surface area (Å²) >= 11 is 1.49. The Bertz CT molecular complexity index is 345. The molecule has 1 unspecified atom stereocenters. The predicted octanol–water partition coefficient (Wildman–Crippen LogP) is 0.497. The van der Waals surface area contributed by atoms with Gasteiger partial charge in [0.05, 0.1) is 5.88 Å². The lowest BCUT2D eigenvalue weighted by atomic mass is 9.97. The Labute approximate surface area is 117 Å². The van der Waals surface area contributed by atoms with Crippen LogP contribution in [0.2, 0.25) is 0 Å². The fraction of sp³-hybridized carbons (Fsp3) is 0.833. The Morgan fingerprint density at radius 3 is 2.68 bits per heavy atom. The quantitative estimate of drug-likeness (QED) is 0.791. The van der Waals surface area contributed by atoms with Crippen molar-refractivity contribution in [2.45, 2.75) is 18.9 Å². The third kappa shape index (κ3) is 3.76. The Morgan fingerprint density at radius 1 is 1.37 bits per heavy atom. The summed E-state index contributed by atoms with van der Waals surface area (Å²) in [6, 6.07) is -0.918. The first kappa shape index (κ1) is 14.5. The van der Waals surface area contributed by atoms with Crippen molar-refractivity contribution >= 4 is 23.8 Å². The summed E-state index contributed by atoms with van der Waals surface area (Å²) in [5, 5.41) is 11.9. The van der Waals surface area contributed by atoms with Gasteiger partial charge in [0.1, 0.15) is 6.04 Å². The molecule has 0 aromatic carbocycles. The predicted molar refractivity (Wildman–Crippen MR) is 74.2 cm³/mol. The van der Waals surface area contributed by atoms with E-state index in [1.54, 1.807) is 0 Å². The van der Waals surface area contributed by atoms with Gasteiger partial charge in [-0.1, -0.05) is 0 Å². The Hall–Kier alpha value is -0.950. The molecule has 2 N–H and O–H groups in total. The van der Waals surface area contributed by atoms with Gasteiger partial charge in [-0.3, -0.25) is 0 Å². The molecule has 2 aliphatic heterocycles. The van der Waals surface area contributed by atoms with E-state index in [2.05, 4.69) is 17.3 Å². The van der Waals surface area contributed by atoms with Gasteiger partial charge in [-0.25, -0.2) is 9.59 Å². The summed E-state index contributed by atoms with van der Waals surface area (Å²) in [7, 11) is 2.10. The van der Waals surface area contributed by atoms with Crippen molar-refractivity contribution in [2.24, 2.45) is 5.92 Å². The lowest BCUT2D eigenvalue weighted by Crippen LogP contribution is -2.48. The molecular formula is C12H21N3O3S. The monoisotopic (exact) mass is 287 g/mol. The number of carbonyl (C=O) groups excluding carboxylic acids is 1. The van der Waals surface area contributed by atoms with Crippen LogP contribution < -0.4 is 5.32 Å². The van der Waals surface area contributed by atoms with Crippen LogP contribution in [0.1, 0.15) is 12.8 Å². The maximum absolute atomic E-state index is 12.0. The highest BCUT2D eigenvalue weighted by atomic mass is 32.2. The third-order valence-electron chi connectivity index (χ3n) is 3.81. The van der Waals surface area contributed by atoms with Crippen LogP contribution in [0.15, 0.2) is 0 Å². The number of nitrogens with zero attached hydrogens (tertiary/aromatic N) is 2. The van der Waals surface area contributed by atoms with Crippen molar-refractivity contribution in [1.82, 2.24) is 15.1 Å². The number of nitrogens with one attached hydrogen (secondary N) is 1. The van der Waals surface area contributed by atoms with E-state index in [1.165, 1.54) is 16.7 Å². The van der Waals surface area contributed by atoms with Crippen molar-refractivity contribution in [3.63, 3.8) is 0 Å². The van der Waals surface area contributed by atoms with E-state index in [9.17, 15) is 9.59 Å². The molecule has 6 nitrogen and oxygen atoms in total. The number of piperidine rings is 1. The van der Waals surface area contributed by atoms with Crippen LogP contribution in [0.4, 0.5) is 4.79 Å². The van der Waals surface area contributed by atoms with E-state index in [1.807, 2.05) is 0 Å². The van der Waals surface area contributed by atoms with Gasteiger partial charge in [-0.2, -0.15) is 0 Å². The highest BCUT2D eigenvalue weighted by Crippen LogP contribution is 2.21. The first-order chi connectivity index (χ1) is 9.08. The van der Waals surface area contributed by atoms with Crippen molar-refractivity contribution in [3.05, 3.63) is 0 Å². The average Bonchev–Trinajstić information content (AvgIpc) is 2.87. The molecule has 2 aliphatic rings. The normalized spacial score (nSPS) is 25.5. The topological polar surface area (TPSA) is 72.9 Å². The summed E-state index contributed by atoms with van der Waals surface area (Å²) in [6.45, 7) is 2.79. The van der Waals surface area contributed by atoms with Crippen molar-refractivity contribution in [3.8, 4) is 0 Å². The Kier molecular flexibility index (Phi) is 4.93. The maximum atomic E-state index is 12.0. The van der Waals surface area contributed by atoms with Crippen molar-refractivity contribution in [1.29, 1.82) is 0 Å². The lowest BCUT2D eigenvalue weighted by molar-refractivity contribution is -0.140. The van der Waals surface area contributed by atoms with E-state index in [-0.39, 0.29) is 6.03 Å². The molecule has 0 aliphatic carbocycles. The average molecular weight is 287 g/mol. The van der Waals surface area contributed by atoms with Crippen LogP contribution in [0.5, 0.6) is 0 Å². The van der Waals surface area contributed by atoms with Gasteiger partial charge in [-0.05, 0) is 38.9 Å². The number of hydrogen-bond donors (Lipinski definition) is 2. The molecule has 2 saturated heterocycles. The molecule has 2 heterocycles. The molecule has 0 bridgehead atoms. The number of urea groups is 1. The van der Waals surface area contributed by atoms with E-state index in [0.717, 1.165) is 25.9 Å². The van der Waals surface area contributed by atoms with E-state index in [4.69, 9.17) is 5.11 Å². The van der Waals surface area contributed by atoms with Gasteiger partial charge in [0.2, 0.25) is 0 Å². The first-order valence-corrected chi connectivity index (χ1v) is 7.77. The second-order valence-electron chi connectivity index (χ2n) is 5.26. The number of likely N-dealkylation sites (tertiary alicyclic amines) is 1. The molecule has 7 heteroatoms. The standard InChI is InChI=1S/C12H21N3O3S/c1-14-4-2-9(3-5-14)6-13-12(18)15-8-19-7-10(15)11(16)17/h9-10H,2-8H2,1H3,(H,13,18)(H,16,17). The minimum Gasteiger partial charge on any atom is -0.480 e. The molecule has 108 valence electrons. The van der Waals surface area contributed by atoms with Gasteiger partial charge in [0, 0.05) is 12.3 Å². The zero-order valence-electron chi connectivity index (χ0n) is 11.2. The van der Waals surface area contributed by atoms with Crippen molar-refractivity contribution < 1.29 is 14.7 Å². The smallest absolute Gasteiger partial charge is 0.327 e. The highest BCUT2D eigenvalue weighted by molar-refractivity contribution is 7.99. The Balaban J connectivity index is 1.76. The fourth-order valence-corrected chi connectivity index (χ4v) is 3.59. The van der Waals surface area contributed by atoms with Gasteiger partial charge < -0.3 is 20.2 Å². The maximum Gasteiger partial charge on any atom is 0.327 e. The first-order valence-electron chi connectivity index (χ1n) is 6.61. The molecule has 0 aromatic rings. The zero-order valence-corrected chi connectivity index (χ0v) is 12.0. The van der Waals surface area contributed by atoms with Gasteiger partial charge >= 0.3 is 12.0 Å². The van der Waals surface area contributed by atoms with Crippen molar-refractivity contribution in [2.75, 3.05) is 38.3 Å². The minimum absolute atomic E-state index is 0.240. The molecular weight excluding hydrogens is 266 g/mol. The number of carboxylic acid groups (broad SMARTS) is 1. The molecule has 2 amide bonds. The molecule has 2 fully saturated rings. The van der Waals surface area contributed by atoms with Gasteiger partial charge in [-0.15, -0.1) is 11.8 Å². The van der Waals surface area contributed by atoms with Gasteiger partial charge in [0.25, 0.3) is 0 Å². The number of hydrogen-bond acceptors (Lipinski definition) is 4. The number of thioether (sulfide) groups is 1. The van der Waals surface area contributed by atoms with Crippen LogP contribution in [0.25, 0.3) is 0 Å². The summed E-state index contributed by atoms with van der Waals surface area (Å²) in [6.07, 6.45) is 2.18. The van der Waals surface area contributed by atoms with Gasteiger partial charge in [0.15, 0.2) is 0 Å². The largest absolute Gasteiger partial charge is 0.480 e. The Morgan fingerprint density at radius 2 is 2.05 bits per heavy atom. The fourth-order valence-electron chi connectivity index (χ4n) is 2.45. The highest BCUT2D eigenvalue weighted by Gasteiger charge is 2.34. The number of amides is 2. The summed E-state index contributed by atoms with van der Waals surface area (Å²) < 4.78 is 0. The SMILES string of the molecule is CN1CCC(CNC(=O)N2CSCC2C(=O)O)CC1. The second-order valence-corrected chi connectivity index (χ2v) is 6.26. The van der Waals surface area contributed by atoms with E-state index < -0.39 is 12.0 Å². The van der Waals surface area contributed by atoms with Crippen LogP contribution >= 0.6 is 11.8 Å². The number of carboxylic acids is 1.